The van der Waals surface area contributed by atoms with Gasteiger partial charge in [0, 0.05) is 38.7 Å². The number of anilines is 6. The molecule has 12 aromatic rings. The highest BCUT2D eigenvalue weighted by Gasteiger charge is 2.30. The first-order chi connectivity index (χ1) is 35.5. The van der Waals surface area contributed by atoms with E-state index in [1.807, 2.05) is 0 Å². The monoisotopic (exact) mass is 936 g/mol. The van der Waals surface area contributed by atoms with Crippen molar-refractivity contribution in [3.8, 4) is 22.3 Å². The van der Waals surface area contributed by atoms with Gasteiger partial charge < -0.3 is 9.80 Å². The van der Waals surface area contributed by atoms with Gasteiger partial charge in [-0.3, -0.25) is 0 Å². The van der Waals surface area contributed by atoms with Crippen LogP contribution in [0.4, 0.5) is 34.1 Å². The molecule has 1 aliphatic carbocycles. The minimum Gasteiger partial charge on any atom is -0.310 e. The molecule has 0 aromatic heterocycles. The second kappa shape index (κ2) is 17.0. The van der Waals surface area contributed by atoms with Gasteiger partial charge in [-0.05, 0) is 238 Å². The summed E-state index contributed by atoms with van der Waals surface area (Å²) in [4.78, 5) is 4.93. The summed E-state index contributed by atoms with van der Waals surface area (Å²) in [5, 5.41) is 13.7. The van der Waals surface area contributed by atoms with Crippen molar-refractivity contribution in [3.63, 3.8) is 0 Å². The van der Waals surface area contributed by atoms with Gasteiger partial charge in [-0.25, -0.2) is 0 Å². The van der Waals surface area contributed by atoms with Crippen LogP contribution < -0.4 is 15.0 Å². The molecule has 0 N–H and O–H groups in total. The molecule has 0 bridgehead atoms. The lowest BCUT2D eigenvalue weighted by Gasteiger charge is -2.28. The average Bonchev–Trinajstić information content (AvgIpc) is 3.82. The van der Waals surface area contributed by atoms with Gasteiger partial charge in [-0.2, -0.15) is 0 Å². The van der Waals surface area contributed by atoms with Gasteiger partial charge in [-0.15, -0.1) is 5.73 Å². The molecule has 0 saturated carbocycles. The van der Waals surface area contributed by atoms with Crippen molar-refractivity contribution >= 4 is 99.8 Å². The van der Waals surface area contributed by atoms with Gasteiger partial charge in [0.25, 0.3) is 0 Å². The van der Waals surface area contributed by atoms with E-state index in [9.17, 15) is 0 Å². The fourth-order valence-electron chi connectivity index (χ4n) is 11.9. The zero-order valence-corrected chi connectivity index (χ0v) is 42.9. The third-order valence-electron chi connectivity index (χ3n) is 16.2. The Bertz CT molecular complexity index is 4280. The van der Waals surface area contributed by atoms with E-state index in [-0.39, 0.29) is 0 Å². The van der Waals surface area contributed by atoms with Crippen LogP contribution in [0.15, 0.2) is 188 Å². The van der Waals surface area contributed by atoms with Crippen LogP contribution in [0, 0.1) is 55.4 Å². The topological polar surface area (TPSA) is 6.48 Å². The van der Waals surface area contributed by atoms with Gasteiger partial charge in [-0.1, -0.05) is 127 Å². The Morgan fingerprint density at radius 1 is 0.315 bits per heavy atom. The minimum atomic E-state index is 1.09. The SMILES string of the molecule is Cc1ccc(N(c2ccc(C)c(C)c2)c2ccc3c4c(c5c(-c6ccccc6)c6c7ccc(N(c8ccc(C)c(C)c8)c8ccc(C)c(C)c8)c8cccc(c6c(-c6ccccc6)c53)c87)C=CC=C=c24)cc1C. The van der Waals surface area contributed by atoms with E-state index in [0.717, 1.165) is 39.3 Å². The molecule has 12 aromatic carbocycles. The van der Waals surface area contributed by atoms with Gasteiger partial charge in [0.15, 0.2) is 0 Å². The van der Waals surface area contributed by atoms with Gasteiger partial charge in [0.2, 0.25) is 0 Å². The number of aryl methyl sites for hydroxylation is 8. The fraction of sp³-hybridized carbons (Fsp3) is 0.113. The summed E-state index contributed by atoms with van der Waals surface area (Å²) in [7, 11) is 0. The molecule has 0 heterocycles. The molecule has 2 nitrogen and oxygen atoms in total. The van der Waals surface area contributed by atoms with E-state index in [0.29, 0.717) is 0 Å². The maximum absolute atomic E-state index is 3.90. The predicted molar refractivity (Wildman–Crippen MR) is 316 cm³/mol. The molecule has 0 amide bonds. The molecular formula is C71H56N2. The molecule has 0 atom stereocenters. The van der Waals surface area contributed by atoms with Crippen LogP contribution in [0.5, 0.6) is 0 Å². The highest BCUT2D eigenvalue weighted by atomic mass is 15.1. The van der Waals surface area contributed by atoms with Gasteiger partial charge >= 0.3 is 0 Å². The Morgan fingerprint density at radius 2 is 0.726 bits per heavy atom. The summed E-state index contributed by atoms with van der Waals surface area (Å²) in [5.74, 6) is 0. The van der Waals surface area contributed by atoms with Crippen LogP contribution in [0.1, 0.15) is 50.1 Å². The molecule has 73 heavy (non-hydrogen) atoms. The number of nitrogens with zero attached hydrogens (tertiary/aromatic N) is 2. The Hall–Kier alpha value is -8.68. The van der Waals surface area contributed by atoms with Gasteiger partial charge in [0.1, 0.15) is 0 Å². The van der Waals surface area contributed by atoms with E-state index in [2.05, 4.69) is 265 Å². The van der Waals surface area contributed by atoms with Crippen molar-refractivity contribution in [2.75, 3.05) is 9.80 Å². The molecule has 350 valence electrons. The molecule has 2 heteroatoms. The molecule has 0 aliphatic heterocycles. The molecule has 0 fully saturated rings. The third kappa shape index (κ3) is 6.86. The maximum Gasteiger partial charge on any atom is 0.0618 e. The molecular weight excluding hydrogens is 881 g/mol. The van der Waals surface area contributed by atoms with Crippen molar-refractivity contribution in [1.29, 1.82) is 0 Å². The zero-order chi connectivity index (χ0) is 49.8. The molecule has 1 aliphatic rings. The Balaban J connectivity index is 1.20. The van der Waals surface area contributed by atoms with Crippen LogP contribution in [0.25, 0.3) is 87.9 Å². The van der Waals surface area contributed by atoms with Crippen molar-refractivity contribution in [3.05, 3.63) is 243 Å². The number of rotatable bonds is 8. The Morgan fingerprint density at radius 3 is 1.22 bits per heavy atom. The molecule has 0 spiro atoms. The van der Waals surface area contributed by atoms with Crippen molar-refractivity contribution < 1.29 is 0 Å². The summed E-state index contributed by atoms with van der Waals surface area (Å²) >= 11 is 0. The number of hydrogen-bond acceptors (Lipinski definition) is 2. The van der Waals surface area contributed by atoms with Crippen LogP contribution >= 0.6 is 0 Å². The third-order valence-corrected chi connectivity index (χ3v) is 16.2. The lowest BCUT2D eigenvalue weighted by atomic mass is 9.87. The summed E-state index contributed by atoms with van der Waals surface area (Å²) in [6.07, 6.45) is 6.67. The second-order valence-electron chi connectivity index (χ2n) is 20.6. The lowest BCUT2D eigenvalue weighted by molar-refractivity contribution is 1.23. The smallest absolute Gasteiger partial charge is 0.0618 e. The normalized spacial score (nSPS) is 12.2. The van der Waals surface area contributed by atoms with E-state index in [1.165, 1.54) is 126 Å². The van der Waals surface area contributed by atoms with Crippen LogP contribution in [-0.2, 0) is 0 Å². The lowest BCUT2D eigenvalue weighted by Crippen LogP contribution is -2.19. The summed E-state index contributed by atoms with van der Waals surface area (Å²) < 4.78 is 0. The molecule has 0 saturated heterocycles. The maximum atomic E-state index is 3.90. The predicted octanol–water partition coefficient (Wildman–Crippen LogP) is 19.3. The van der Waals surface area contributed by atoms with Crippen molar-refractivity contribution in [2.24, 2.45) is 0 Å². The first kappa shape index (κ1) is 44.3. The Labute approximate surface area is 428 Å². The highest BCUT2D eigenvalue weighted by Crippen LogP contribution is 2.56. The number of fused-ring (bicyclic) bond motifs is 6. The number of hydrogen-bond donors (Lipinski definition) is 0. The average molecular weight is 937 g/mol. The largest absolute Gasteiger partial charge is 0.310 e. The van der Waals surface area contributed by atoms with Crippen LogP contribution in [0.3, 0.4) is 0 Å². The fourth-order valence-corrected chi connectivity index (χ4v) is 11.9. The van der Waals surface area contributed by atoms with Crippen molar-refractivity contribution in [1.82, 2.24) is 0 Å². The zero-order valence-electron chi connectivity index (χ0n) is 42.9. The number of benzene rings is 10. The molecule has 13 rings (SSSR count). The van der Waals surface area contributed by atoms with Crippen LogP contribution in [0.2, 0.25) is 0 Å². The van der Waals surface area contributed by atoms with Crippen molar-refractivity contribution in [2.45, 2.75) is 55.4 Å². The molecule has 0 unspecified atom stereocenters. The summed E-state index contributed by atoms with van der Waals surface area (Å²) in [6.45, 7) is 17.7. The number of allylic oxidation sites excluding steroid dienone is 2. The van der Waals surface area contributed by atoms with E-state index in [4.69, 9.17) is 0 Å². The minimum absolute atomic E-state index is 1.09. The van der Waals surface area contributed by atoms with E-state index < -0.39 is 0 Å². The summed E-state index contributed by atoms with van der Waals surface area (Å²) in [5.41, 5.74) is 27.1. The van der Waals surface area contributed by atoms with E-state index >= 15 is 0 Å². The van der Waals surface area contributed by atoms with E-state index in [1.54, 1.807) is 0 Å². The second-order valence-corrected chi connectivity index (χ2v) is 20.6. The summed E-state index contributed by atoms with van der Waals surface area (Å²) in [6, 6.07) is 66.4. The highest BCUT2D eigenvalue weighted by molar-refractivity contribution is 6.44. The standard InChI is InChI=1S/C71H56N2/c1-42-26-30-52(38-46(42)5)72(53-31-27-43(2)47(6)39-53)62-36-34-60-66-56(62)22-15-16-23-58(66)68-64(50-18-11-9-12-19-50)71-61-35-37-63(73(54-32-28-44(3)48(7)40-54)55-33-29-45(4)49(8)41-55)57-24-17-25-59(67(57)61)69(71)65(70(60)68)51-20-13-10-14-21-51/h9-21,23-41H,1-8H3. The first-order valence-corrected chi connectivity index (χ1v) is 25.7. The van der Waals surface area contributed by atoms with Gasteiger partial charge in [0.05, 0.1) is 11.4 Å². The quantitative estimate of drug-likeness (QED) is 0.150. The first-order valence-electron chi connectivity index (χ1n) is 25.7. The van der Waals surface area contributed by atoms with Crippen LogP contribution in [-0.4, -0.2) is 0 Å². The Kier molecular flexibility index (Phi) is 10.3. The molecule has 0 radical (unpaired) electrons.